The van der Waals surface area contributed by atoms with Crippen LogP contribution in [0.15, 0.2) is 48.5 Å². The fraction of sp³-hybridized carbons (Fsp3) is 0.278. The molecule has 4 nitrogen and oxygen atoms in total. The first-order valence-electron chi connectivity index (χ1n) is 7.72. The van der Waals surface area contributed by atoms with Gasteiger partial charge in [-0.25, -0.2) is 0 Å². The first-order valence-corrected chi connectivity index (χ1v) is 7.72. The highest BCUT2D eigenvalue weighted by Crippen LogP contribution is 2.30. The summed E-state index contributed by atoms with van der Waals surface area (Å²) in [5.74, 6) is 0.249. The molecule has 0 heterocycles. The molecule has 1 amide bonds. The Morgan fingerprint density at radius 2 is 1.72 bits per heavy atom. The lowest BCUT2D eigenvalue weighted by Crippen LogP contribution is -2.22. The van der Waals surface area contributed by atoms with E-state index in [1.807, 2.05) is 26.0 Å². The van der Waals surface area contributed by atoms with Crippen molar-refractivity contribution in [3.63, 3.8) is 0 Å². The zero-order chi connectivity index (χ0) is 18.4. The molecule has 0 radical (unpaired) electrons. The number of hydrogen-bond donors (Lipinski definition) is 2. The number of para-hydroxylation sites is 2. The summed E-state index contributed by atoms with van der Waals surface area (Å²) in [4.78, 5) is 12.0. The Hall–Kier alpha value is -2.70. The van der Waals surface area contributed by atoms with Gasteiger partial charge >= 0.3 is 6.18 Å². The van der Waals surface area contributed by atoms with Gasteiger partial charge in [-0.1, -0.05) is 12.1 Å². The summed E-state index contributed by atoms with van der Waals surface area (Å²) in [6.45, 7) is 3.75. The van der Waals surface area contributed by atoms with E-state index in [9.17, 15) is 18.0 Å². The Balaban J connectivity index is 1.93. The van der Waals surface area contributed by atoms with Crippen molar-refractivity contribution in [3.05, 3.63) is 54.1 Å². The first-order chi connectivity index (χ1) is 11.8. The monoisotopic (exact) mass is 352 g/mol. The molecule has 25 heavy (non-hydrogen) atoms. The van der Waals surface area contributed by atoms with Crippen LogP contribution in [-0.4, -0.2) is 18.6 Å². The number of amides is 1. The van der Waals surface area contributed by atoms with E-state index in [-0.39, 0.29) is 18.6 Å². The second-order valence-electron chi connectivity index (χ2n) is 5.64. The number of hydrogen-bond acceptors (Lipinski definition) is 3. The number of alkyl halides is 3. The molecule has 0 aromatic heterocycles. The van der Waals surface area contributed by atoms with E-state index in [0.29, 0.717) is 17.1 Å². The predicted molar refractivity (Wildman–Crippen MR) is 90.8 cm³/mol. The Bertz CT molecular complexity index is 713. The molecule has 7 heteroatoms. The molecule has 0 unspecified atom stereocenters. The van der Waals surface area contributed by atoms with Crippen LogP contribution in [0.25, 0.3) is 0 Å². The van der Waals surface area contributed by atoms with Crippen LogP contribution < -0.4 is 15.4 Å². The van der Waals surface area contributed by atoms with Crippen molar-refractivity contribution in [2.75, 3.05) is 17.2 Å². The molecule has 2 aromatic carbocycles. The summed E-state index contributed by atoms with van der Waals surface area (Å²) in [5.41, 5.74) is 0.202. The van der Waals surface area contributed by atoms with Gasteiger partial charge in [-0.15, -0.1) is 0 Å². The van der Waals surface area contributed by atoms with E-state index in [0.717, 1.165) is 12.1 Å². The molecule has 0 bridgehead atoms. The average molecular weight is 352 g/mol. The van der Waals surface area contributed by atoms with E-state index in [1.165, 1.54) is 12.1 Å². The molecule has 2 N–H and O–H groups in total. The number of carbonyl (C=O) groups excluding carboxylic acids is 1. The number of ether oxygens (including phenoxy) is 1. The normalized spacial score (nSPS) is 11.3. The van der Waals surface area contributed by atoms with Crippen molar-refractivity contribution in [2.45, 2.75) is 26.1 Å². The summed E-state index contributed by atoms with van der Waals surface area (Å²) in [7, 11) is 0. The maximum Gasteiger partial charge on any atom is 0.416 e. The van der Waals surface area contributed by atoms with Crippen molar-refractivity contribution in [1.29, 1.82) is 0 Å². The second-order valence-corrected chi connectivity index (χ2v) is 5.64. The summed E-state index contributed by atoms with van der Waals surface area (Å²) in [6.07, 6.45) is -4.41. The molecular weight excluding hydrogens is 333 g/mol. The molecule has 0 spiro atoms. The van der Waals surface area contributed by atoms with Gasteiger partial charge in [0.2, 0.25) is 5.91 Å². The third-order valence-electron chi connectivity index (χ3n) is 3.19. The maximum absolute atomic E-state index is 12.5. The highest BCUT2D eigenvalue weighted by Gasteiger charge is 2.29. The van der Waals surface area contributed by atoms with Gasteiger partial charge in [0.15, 0.2) is 0 Å². The quantitative estimate of drug-likeness (QED) is 0.802. The van der Waals surface area contributed by atoms with Crippen molar-refractivity contribution in [1.82, 2.24) is 0 Å². The fourth-order valence-corrected chi connectivity index (χ4v) is 2.09. The minimum atomic E-state index is -4.40. The molecule has 0 aliphatic carbocycles. The highest BCUT2D eigenvalue weighted by molar-refractivity contribution is 5.93. The van der Waals surface area contributed by atoms with Gasteiger partial charge in [-0.3, -0.25) is 4.79 Å². The standard InChI is InChI=1S/C18H19F3N2O2/c1-12(2)25-16-6-4-3-5-15(16)22-11-17(24)23-14-9-7-13(8-10-14)18(19,20)21/h3-10,12,22H,11H2,1-2H3,(H,23,24). The minimum absolute atomic E-state index is 0.0103. The van der Waals surface area contributed by atoms with Crippen LogP contribution in [0, 0.1) is 0 Å². The summed E-state index contributed by atoms with van der Waals surface area (Å²) in [6, 6.07) is 11.5. The van der Waals surface area contributed by atoms with Gasteiger partial charge in [-0.2, -0.15) is 13.2 Å². The van der Waals surface area contributed by atoms with Gasteiger partial charge in [0.05, 0.1) is 23.9 Å². The molecule has 0 aliphatic rings. The van der Waals surface area contributed by atoms with E-state index in [1.54, 1.807) is 12.1 Å². The molecule has 0 atom stereocenters. The smallest absolute Gasteiger partial charge is 0.416 e. The predicted octanol–water partition coefficient (Wildman–Crippen LogP) is 4.54. The molecule has 2 rings (SSSR count). The summed E-state index contributed by atoms with van der Waals surface area (Å²) >= 11 is 0. The molecule has 0 fully saturated rings. The third kappa shape index (κ3) is 5.70. The molecule has 0 saturated carbocycles. The van der Waals surface area contributed by atoms with E-state index in [4.69, 9.17) is 4.74 Å². The zero-order valence-electron chi connectivity index (χ0n) is 13.9. The SMILES string of the molecule is CC(C)Oc1ccccc1NCC(=O)Nc1ccc(C(F)(F)F)cc1. The van der Waals surface area contributed by atoms with Crippen LogP contribution in [-0.2, 0) is 11.0 Å². The van der Waals surface area contributed by atoms with E-state index >= 15 is 0 Å². The van der Waals surface area contributed by atoms with Gasteiger partial charge in [0.25, 0.3) is 0 Å². The summed E-state index contributed by atoms with van der Waals surface area (Å²) < 4.78 is 43.2. The first kappa shape index (κ1) is 18.6. The molecule has 0 aliphatic heterocycles. The topological polar surface area (TPSA) is 50.4 Å². The van der Waals surface area contributed by atoms with Gasteiger partial charge in [-0.05, 0) is 50.2 Å². The van der Waals surface area contributed by atoms with Gasteiger partial charge < -0.3 is 15.4 Å². The Kier molecular flexibility index (Phi) is 5.90. The number of carbonyl (C=O) groups is 1. The van der Waals surface area contributed by atoms with Crippen LogP contribution in [0.3, 0.4) is 0 Å². The lowest BCUT2D eigenvalue weighted by atomic mass is 10.2. The second kappa shape index (κ2) is 7.92. The van der Waals surface area contributed by atoms with Crippen LogP contribution in [0.1, 0.15) is 19.4 Å². The van der Waals surface area contributed by atoms with Gasteiger partial charge in [0, 0.05) is 5.69 Å². The van der Waals surface area contributed by atoms with Crippen LogP contribution in [0.2, 0.25) is 0 Å². The zero-order valence-corrected chi connectivity index (χ0v) is 13.9. The van der Waals surface area contributed by atoms with Crippen LogP contribution in [0.5, 0.6) is 5.75 Å². The number of benzene rings is 2. The Labute approximate surface area is 144 Å². The fourth-order valence-electron chi connectivity index (χ4n) is 2.09. The van der Waals surface area contributed by atoms with Crippen molar-refractivity contribution >= 4 is 17.3 Å². The number of halogens is 3. The maximum atomic E-state index is 12.5. The van der Waals surface area contributed by atoms with Crippen LogP contribution in [0.4, 0.5) is 24.5 Å². The molecule has 134 valence electrons. The highest BCUT2D eigenvalue weighted by atomic mass is 19.4. The van der Waals surface area contributed by atoms with E-state index in [2.05, 4.69) is 10.6 Å². The number of anilines is 2. The van der Waals surface area contributed by atoms with Gasteiger partial charge in [0.1, 0.15) is 5.75 Å². The Morgan fingerprint density at radius 1 is 1.08 bits per heavy atom. The van der Waals surface area contributed by atoms with E-state index < -0.39 is 11.7 Å². The summed E-state index contributed by atoms with van der Waals surface area (Å²) in [5, 5.41) is 5.50. The minimum Gasteiger partial charge on any atom is -0.489 e. The third-order valence-corrected chi connectivity index (χ3v) is 3.19. The van der Waals surface area contributed by atoms with Crippen molar-refractivity contribution < 1.29 is 22.7 Å². The average Bonchev–Trinajstić information content (AvgIpc) is 2.53. The number of nitrogens with one attached hydrogen (secondary N) is 2. The largest absolute Gasteiger partial charge is 0.489 e. The molecular formula is C18H19F3N2O2. The Morgan fingerprint density at radius 3 is 2.32 bits per heavy atom. The van der Waals surface area contributed by atoms with Crippen molar-refractivity contribution in [3.8, 4) is 5.75 Å². The van der Waals surface area contributed by atoms with Crippen molar-refractivity contribution in [2.24, 2.45) is 0 Å². The lowest BCUT2D eigenvalue weighted by molar-refractivity contribution is -0.137. The number of rotatable bonds is 6. The lowest BCUT2D eigenvalue weighted by Gasteiger charge is -2.15. The molecule has 2 aromatic rings. The molecule has 0 saturated heterocycles. The van der Waals surface area contributed by atoms with Crippen LogP contribution >= 0.6 is 0 Å².